The highest BCUT2D eigenvalue weighted by Crippen LogP contribution is 2.40. The van der Waals surface area contributed by atoms with Crippen LogP contribution in [0.3, 0.4) is 0 Å². The molecule has 0 aliphatic heterocycles. The van der Waals surface area contributed by atoms with Gasteiger partial charge in [-0.1, -0.05) is 19.1 Å². The highest BCUT2D eigenvalue weighted by molar-refractivity contribution is 5.95. The average molecular weight is 469 g/mol. The Kier molecular flexibility index (Phi) is 8.92. The summed E-state index contributed by atoms with van der Waals surface area (Å²) in [5.74, 6) is -0.0443. The molecule has 2 amide bonds. The number of likely N-dealkylation sites (N-methyl/N-ethyl adjacent to an activating group) is 1. The topological polar surface area (TPSA) is 89.1 Å². The number of methoxy groups -OCH3 is 3. The maximum atomic E-state index is 13.1. The van der Waals surface area contributed by atoms with E-state index < -0.39 is 23.6 Å². The van der Waals surface area contributed by atoms with E-state index >= 15 is 0 Å². The highest BCUT2D eigenvalue weighted by atomic mass is 19.4. The number of hydrogen-bond acceptors (Lipinski definition) is 6. The van der Waals surface area contributed by atoms with Crippen molar-refractivity contribution >= 4 is 23.2 Å². The van der Waals surface area contributed by atoms with Crippen molar-refractivity contribution < 1.29 is 37.0 Å². The summed E-state index contributed by atoms with van der Waals surface area (Å²) in [5, 5.41) is 4.95. The Bertz CT molecular complexity index is 957. The van der Waals surface area contributed by atoms with Gasteiger partial charge in [-0.25, -0.2) is 0 Å². The van der Waals surface area contributed by atoms with Gasteiger partial charge in [0.2, 0.25) is 17.6 Å². The monoisotopic (exact) mass is 469 g/mol. The highest BCUT2D eigenvalue weighted by Gasteiger charge is 2.33. The predicted octanol–water partition coefficient (Wildman–Crippen LogP) is 3.63. The smallest absolute Gasteiger partial charge is 0.418 e. The van der Waals surface area contributed by atoms with Crippen LogP contribution in [0.4, 0.5) is 24.5 Å². The van der Waals surface area contributed by atoms with Crippen molar-refractivity contribution in [3.63, 3.8) is 0 Å². The Morgan fingerprint density at radius 3 is 1.94 bits per heavy atom. The van der Waals surface area contributed by atoms with Crippen LogP contribution in [0.5, 0.6) is 17.2 Å². The number of para-hydroxylation sites is 1. The third-order valence-electron chi connectivity index (χ3n) is 4.64. The van der Waals surface area contributed by atoms with E-state index in [0.717, 1.165) is 6.07 Å². The third kappa shape index (κ3) is 7.01. The van der Waals surface area contributed by atoms with Crippen molar-refractivity contribution in [3.05, 3.63) is 42.0 Å². The molecular weight excluding hydrogens is 443 g/mol. The minimum absolute atomic E-state index is 0.165. The minimum Gasteiger partial charge on any atom is -0.493 e. The molecule has 0 saturated carbocycles. The van der Waals surface area contributed by atoms with Crippen molar-refractivity contribution in [1.29, 1.82) is 0 Å². The molecule has 0 atom stereocenters. The average Bonchev–Trinajstić information content (AvgIpc) is 2.77. The van der Waals surface area contributed by atoms with Gasteiger partial charge < -0.3 is 24.8 Å². The van der Waals surface area contributed by atoms with Crippen LogP contribution >= 0.6 is 0 Å². The molecule has 33 heavy (non-hydrogen) atoms. The lowest BCUT2D eigenvalue weighted by Crippen LogP contribution is -2.38. The van der Waals surface area contributed by atoms with Gasteiger partial charge in [-0.2, -0.15) is 13.2 Å². The van der Waals surface area contributed by atoms with Gasteiger partial charge in [0.15, 0.2) is 11.5 Å². The van der Waals surface area contributed by atoms with Crippen LogP contribution in [0.15, 0.2) is 36.4 Å². The number of carbonyl (C=O) groups excluding carboxylic acids is 2. The lowest BCUT2D eigenvalue weighted by atomic mass is 10.1. The van der Waals surface area contributed by atoms with E-state index in [1.807, 2.05) is 0 Å². The van der Waals surface area contributed by atoms with E-state index in [1.165, 1.54) is 44.4 Å². The van der Waals surface area contributed by atoms with Crippen LogP contribution in [0.1, 0.15) is 12.5 Å². The second-order valence-electron chi connectivity index (χ2n) is 6.86. The third-order valence-corrected chi connectivity index (χ3v) is 4.64. The van der Waals surface area contributed by atoms with Crippen LogP contribution in [-0.4, -0.2) is 57.7 Å². The molecule has 0 unspecified atom stereocenters. The first-order chi connectivity index (χ1) is 15.6. The van der Waals surface area contributed by atoms with E-state index in [4.69, 9.17) is 14.2 Å². The summed E-state index contributed by atoms with van der Waals surface area (Å²) in [6, 6.07) is 7.80. The molecule has 0 saturated heterocycles. The maximum absolute atomic E-state index is 13.1. The number of alkyl halides is 3. The number of amides is 2. The molecule has 2 N–H and O–H groups in total. The zero-order valence-corrected chi connectivity index (χ0v) is 18.7. The van der Waals surface area contributed by atoms with Gasteiger partial charge in [0.1, 0.15) is 0 Å². The number of nitrogens with one attached hydrogen (secondary N) is 2. The summed E-state index contributed by atoms with van der Waals surface area (Å²) < 4.78 is 55.1. The van der Waals surface area contributed by atoms with E-state index in [0.29, 0.717) is 29.5 Å². The Balaban J connectivity index is 2.04. The van der Waals surface area contributed by atoms with Crippen molar-refractivity contribution in [2.75, 3.05) is 51.6 Å². The number of halogens is 3. The van der Waals surface area contributed by atoms with Crippen LogP contribution in [0.2, 0.25) is 0 Å². The summed E-state index contributed by atoms with van der Waals surface area (Å²) in [6.07, 6.45) is -4.60. The van der Waals surface area contributed by atoms with Gasteiger partial charge in [-0.05, 0) is 18.7 Å². The van der Waals surface area contributed by atoms with Crippen molar-refractivity contribution in [2.24, 2.45) is 0 Å². The van der Waals surface area contributed by atoms with Gasteiger partial charge in [-0.15, -0.1) is 0 Å². The van der Waals surface area contributed by atoms with Crippen molar-refractivity contribution in [2.45, 2.75) is 13.1 Å². The number of nitrogens with zero attached hydrogens (tertiary/aromatic N) is 1. The Morgan fingerprint density at radius 2 is 1.45 bits per heavy atom. The fraction of sp³-hybridized carbons (Fsp3) is 0.364. The SMILES string of the molecule is CCN(CC(=O)Nc1cc(OC)c(OC)c(OC)c1)CC(=O)Nc1ccccc1C(F)(F)F. The lowest BCUT2D eigenvalue weighted by Gasteiger charge is -2.20. The molecule has 2 aromatic carbocycles. The maximum Gasteiger partial charge on any atom is 0.418 e. The molecule has 0 aliphatic rings. The lowest BCUT2D eigenvalue weighted by molar-refractivity contribution is -0.137. The van der Waals surface area contributed by atoms with E-state index in [9.17, 15) is 22.8 Å². The first-order valence-corrected chi connectivity index (χ1v) is 9.91. The largest absolute Gasteiger partial charge is 0.493 e. The summed E-state index contributed by atoms with van der Waals surface area (Å²) in [6.45, 7) is 1.60. The van der Waals surface area contributed by atoms with Gasteiger partial charge >= 0.3 is 6.18 Å². The predicted molar refractivity (Wildman–Crippen MR) is 117 cm³/mol. The molecule has 2 rings (SSSR count). The van der Waals surface area contributed by atoms with Crippen molar-refractivity contribution in [3.8, 4) is 17.2 Å². The molecule has 0 spiro atoms. The molecule has 0 aromatic heterocycles. The van der Waals surface area contributed by atoms with Crippen LogP contribution < -0.4 is 24.8 Å². The number of carbonyl (C=O) groups is 2. The molecule has 0 radical (unpaired) electrons. The molecule has 2 aromatic rings. The summed E-state index contributed by atoms with van der Waals surface area (Å²) >= 11 is 0. The molecule has 0 aliphatic carbocycles. The first kappa shape index (κ1) is 25.8. The summed E-state index contributed by atoms with van der Waals surface area (Å²) in [4.78, 5) is 26.3. The number of hydrogen-bond donors (Lipinski definition) is 2. The van der Waals surface area contributed by atoms with Gasteiger partial charge in [0.05, 0.1) is 45.7 Å². The van der Waals surface area contributed by atoms with Gasteiger partial charge in [-0.3, -0.25) is 14.5 Å². The van der Waals surface area contributed by atoms with Crippen LogP contribution in [0, 0.1) is 0 Å². The quantitative estimate of drug-likeness (QED) is 0.553. The van der Waals surface area contributed by atoms with Gasteiger partial charge in [0.25, 0.3) is 0 Å². The Morgan fingerprint density at radius 1 is 0.909 bits per heavy atom. The van der Waals surface area contributed by atoms with E-state index in [-0.39, 0.29) is 18.8 Å². The summed E-state index contributed by atoms with van der Waals surface area (Å²) in [7, 11) is 4.34. The van der Waals surface area contributed by atoms with Crippen molar-refractivity contribution in [1.82, 2.24) is 4.90 Å². The van der Waals surface area contributed by atoms with Crippen LogP contribution in [-0.2, 0) is 15.8 Å². The molecular formula is C22H26F3N3O5. The summed E-state index contributed by atoms with van der Waals surface area (Å²) in [5.41, 5.74) is -0.899. The second-order valence-corrected chi connectivity index (χ2v) is 6.86. The molecule has 8 nitrogen and oxygen atoms in total. The fourth-order valence-corrected chi connectivity index (χ4v) is 3.07. The molecule has 11 heteroatoms. The van der Waals surface area contributed by atoms with Crippen LogP contribution in [0.25, 0.3) is 0 Å². The normalized spacial score (nSPS) is 11.2. The first-order valence-electron chi connectivity index (χ1n) is 9.91. The molecule has 0 bridgehead atoms. The zero-order valence-electron chi connectivity index (χ0n) is 18.7. The van der Waals surface area contributed by atoms with E-state index in [1.54, 1.807) is 19.1 Å². The molecule has 0 heterocycles. The number of benzene rings is 2. The zero-order chi connectivity index (χ0) is 24.6. The number of ether oxygens (including phenoxy) is 3. The fourth-order valence-electron chi connectivity index (χ4n) is 3.07. The Labute approximate surface area is 189 Å². The molecule has 180 valence electrons. The Hall–Kier alpha value is -3.47. The minimum atomic E-state index is -4.60. The van der Waals surface area contributed by atoms with Gasteiger partial charge in [0, 0.05) is 17.8 Å². The molecule has 0 fully saturated rings. The number of anilines is 2. The second kappa shape index (κ2) is 11.4. The number of rotatable bonds is 10. The standard InChI is InChI=1S/C22H26F3N3O5/c1-5-28(13-20(30)27-16-9-7-6-8-15(16)22(23,24)25)12-19(29)26-14-10-17(31-2)21(33-4)18(11-14)32-3/h6-11H,5,12-13H2,1-4H3,(H,26,29)(H,27,30). The van der Waals surface area contributed by atoms with E-state index in [2.05, 4.69) is 10.6 Å².